The molecule has 0 spiro atoms. The van der Waals surface area contributed by atoms with Gasteiger partial charge in [0.05, 0.1) is 17.8 Å². The molecular formula is C15H19N3O2S. The fourth-order valence-corrected chi connectivity index (χ4v) is 2.77. The number of amides is 1. The van der Waals surface area contributed by atoms with Crippen LogP contribution in [-0.4, -0.2) is 19.6 Å². The number of anilines is 2. The molecule has 0 aliphatic rings. The van der Waals surface area contributed by atoms with Gasteiger partial charge in [-0.2, -0.15) is 0 Å². The Morgan fingerprint density at radius 3 is 2.90 bits per heavy atom. The van der Waals surface area contributed by atoms with Crippen molar-refractivity contribution in [2.45, 2.75) is 13.5 Å². The summed E-state index contributed by atoms with van der Waals surface area (Å²) in [6.45, 7) is 3.11. The first-order valence-corrected chi connectivity index (χ1v) is 7.50. The molecule has 112 valence electrons. The summed E-state index contributed by atoms with van der Waals surface area (Å²) in [6, 6.07) is 9.61. The quantitative estimate of drug-likeness (QED) is 0.767. The van der Waals surface area contributed by atoms with Gasteiger partial charge in [0, 0.05) is 13.1 Å². The number of nitrogens with two attached hydrogens (primary N) is 1. The summed E-state index contributed by atoms with van der Waals surface area (Å²) in [5.74, 6) is 0.692. The number of hydrogen-bond donors (Lipinski definition) is 3. The minimum Gasteiger partial charge on any atom is -0.497 e. The van der Waals surface area contributed by atoms with E-state index in [1.54, 1.807) is 13.2 Å². The third kappa shape index (κ3) is 3.88. The number of methoxy groups -OCH3 is 1. The zero-order valence-corrected chi connectivity index (χ0v) is 12.9. The number of hydrogen-bond acceptors (Lipinski definition) is 5. The first-order valence-electron chi connectivity index (χ1n) is 6.68. The van der Waals surface area contributed by atoms with Crippen molar-refractivity contribution in [3.63, 3.8) is 0 Å². The molecule has 21 heavy (non-hydrogen) atoms. The van der Waals surface area contributed by atoms with Gasteiger partial charge in [0.2, 0.25) is 0 Å². The standard InChI is InChI=1S/C15H19N3O2S/c1-3-17-15(19)14-12(16)8-13(21-14)18-9-10-5-4-6-11(7-10)20-2/h4-8,18H,3,9,16H2,1-2H3,(H,17,19). The van der Waals surface area contributed by atoms with Crippen LogP contribution in [0.3, 0.4) is 0 Å². The second-order valence-corrected chi connectivity index (χ2v) is 5.51. The number of thiophene rings is 1. The van der Waals surface area contributed by atoms with Crippen LogP contribution in [0.25, 0.3) is 0 Å². The summed E-state index contributed by atoms with van der Waals surface area (Å²) in [5, 5.41) is 6.90. The lowest BCUT2D eigenvalue weighted by atomic mass is 10.2. The highest BCUT2D eigenvalue weighted by atomic mass is 32.1. The monoisotopic (exact) mass is 305 g/mol. The molecule has 2 rings (SSSR count). The number of nitrogen functional groups attached to an aromatic ring is 1. The van der Waals surface area contributed by atoms with Gasteiger partial charge in [-0.3, -0.25) is 4.79 Å². The average molecular weight is 305 g/mol. The molecule has 0 aliphatic heterocycles. The highest BCUT2D eigenvalue weighted by molar-refractivity contribution is 7.18. The van der Waals surface area contributed by atoms with Crippen LogP contribution in [0.4, 0.5) is 10.7 Å². The van der Waals surface area contributed by atoms with Crippen molar-refractivity contribution < 1.29 is 9.53 Å². The Bertz CT molecular complexity index is 625. The largest absolute Gasteiger partial charge is 0.497 e. The van der Waals surface area contributed by atoms with E-state index < -0.39 is 0 Å². The van der Waals surface area contributed by atoms with Crippen LogP contribution in [0, 0.1) is 0 Å². The zero-order valence-electron chi connectivity index (χ0n) is 12.1. The van der Waals surface area contributed by atoms with Gasteiger partial charge in [-0.25, -0.2) is 0 Å². The minimum atomic E-state index is -0.130. The Morgan fingerprint density at radius 2 is 2.19 bits per heavy atom. The highest BCUT2D eigenvalue weighted by Gasteiger charge is 2.13. The first-order chi connectivity index (χ1) is 10.1. The zero-order chi connectivity index (χ0) is 15.2. The molecule has 0 fully saturated rings. The number of nitrogens with one attached hydrogen (secondary N) is 2. The molecule has 6 heteroatoms. The Balaban J connectivity index is 2.03. The fourth-order valence-electron chi connectivity index (χ4n) is 1.88. The number of carbonyl (C=O) groups is 1. The van der Waals surface area contributed by atoms with E-state index in [2.05, 4.69) is 10.6 Å². The minimum absolute atomic E-state index is 0.130. The third-order valence-electron chi connectivity index (χ3n) is 2.91. The van der Waals surface area contributed by atoms with Gasteiger partial charge >= 0.3 is 0 Å². The van der Waals surface area contributed by atoms with E-state index in [9.17, 15) is 4.79 Å². The van der Waals surface area contributed by atoms with E-state index >= 15 is 0 Å². The lowest BCUT2D eigenvalue weighted by molar-refractivity contribution is 0.0960. The van der Waals surface area contributed by atoms with Crippen molar-refractivity contribution in [1.29, 1.82) is 0 Å². The summed E-state index contributed by atoms with van der Waals surface area (Å²) in [4.78, 5) is 12.4. The lowest BCUT2D eigenvalue weighted by Gasteiger charge is -2.05. The molecule has 0 radical (unpaired) electrons. The highest BCUT2D eigenvalue weighted by Crippen LogP contribution is 2.29. The molecule has 2 aromatic rings. The van der Waals surface area contributed by atoms with Gasteiger partial charge in [-0.15, -0.1) is 11.3 Å². The molecule has 0 unspecified atom stereocenters. The van der Waals surface area contributed by atoms with Crippen LogP contribution in [0.1, 0.15) is 22.2 Å². The van der Waals surface area contributed by atoms with Crippen molar-refractivity contribution in [3.8, 4) is 5.75 Å². The first kappa shape index (κ1) is 15.2. The van der Waals surface area contributed by atoms with Crippen molar-refractivity contribution in [2.75, 3.05) is 24.7 Å². The van der Waals surface area contributed by atoms with E-state index in [4.69, 9.17) is 10.5 Å². The van der Waals surface area contributed by atoms with Crippen molar-refractivity contribution >= 4 is 27.9 Å². The SMILES string of the molecule is CCNC(=O)c1sc(NCc2cccc(OC)c2)cc1N. The Kier molecular flexibility index (Phi) is 5.05. The Labute approximate surface area is 128 Å². The van der Waals surface area contributed by atoms with Crippen LogP contribution >= 0.6 is 11.3 Å². The number of benzene rings is 1. The molecule has 0 atom stereocenters. The molecule has 0 bridgehead atoms. The molecule has 1 amide bonds. The normalized spacial score (nSPS) is 10.2. The second-order valence-electron chi connectivity index (χ2n) is 4.46. The van der Waals surface area contributed by atoms with Gasteiger partial charge in [0.15, 0.2) is 0 Å². The van der Waals surface area contributed by atoms with E-state index in [0.29, 0.717) is 23.7 Å². The average Bonchev–Trinajstić information content (AvgIpc) is 2.87. The maximum atomic E-state index is 11.8. The summed E-state index contributed by atoms with van der Waals surface area (Å²) < 4.78 is 5.19. The predicted octanol–water partition coefficient (Wildman–Crippen LogP) is 2.70. The van der Waals surface area contributed by atoms with Gasteiger partial charge in [0.1, 0.15) is 10.6 Å². The molecule has 0 saturated heterocycles. The predicted molar refractivity (Wildman–Crippen MR) is 87.1 cm³/mol. The summed E-state index contributed by atoms with van der Waals surface area (Å²) >= 11 is 1.36. The third-order valence-corrected chi connectivity index (χ3v) is 4.01. The van der Waals surface area contributed by atoms with E-state index in [0.717, 1.165) is 16.3 Å². The van der Waals surface area contributed by atoms with E-state index in [-0.39, 0.29) is 5.91 Å². The topological polar surface area (TPSA) is 76.4 Å². The Hall–Kier alpha value is -2.21. The van der Waals surface area contributed by atoms with Crippen molar-refractivity contribution in [3.05, 3.63) is 40.8 Å². The molecule has 4 N–H and O–H groups in total. The van der Waals surface area contributed by atoms with Gasteiger partial charge in [0.25, 0.3) is 5.91 Å². The van der Waals surface area contributed by atoms with Crippen LogP contribution in [0.2, 0.25) is 0 Å². The lowest BCUT2D eigenvalue weighted by Crippen LogP contribution is -2.22. The van der Waals surface area contributed by atoms with E-state index in [1.807, 2.05) is 31.2 Å². The van der Waals surface area contributed by atoms with Crippen LogP contribution < -0.4 is 21.1 Å². The molecule has 0 aliphatic carbocycles. The molecule has 0 saturated carbocycles. The van der Waals surface area contributed by atoms with Gasteiger partial charge in [-0.1, -0.05) is 12.1 Å². The van der Waals surface area contributed by atoms with Crippen LogP contribution in [-0.2, 0) is 6.54 Å². The summed E-state index contributed by atoms with van der Waals surface area (Å²) in [7, 11) is 1.64. The van der Waals surface area contributed by atoms with Gasteiger partial charge in [-0.05, 0) is 30.7 Å². The fraction of sp³-hybridized carbons (Fsp3) is 0.267. The van der Waals surface area contributed by atoms with Crippen LogP contribution in [0.5, 0.6) is 5.75 Å². The Morgan fingerprint density at radius 1 is 1.38 bits per heavy atom. The van der Waals surface area contributed by atoms with E-state index in [1.165, 1.54) is 11.3 Å². The maximum Gasteiger partial charge on any atom is 0.263 e. The molecule has 1 aromatic carbocycles. The molecule has 1 heterocycles. The van der Waals surface area contributed by atoms with Crippen LogP contribution in [0.15, 0.2) is 30.3 Å². The van der Waals surface area contributed by atoms with Crippen molar-refractivity contribution in [2.24, 2.45) is 0 Å². The summed E-state index contributed by atoms with van der Waals surface area (Å²) in [5.41, 5.74) is 7.47. The molecule has 1 aromatic heterocycles. The van der Waals surface area contributed by atoms with Crippen molar-refractivity contribution in [1.82, 2.24) is 5.32 Å². The molecular weight excluding hydrogens is 286 g/mol. The maximum absolute atomic E-state index is 11.8. The number of carbonyl (C=O) groups excluding carboxylic acids is 1. The van der Waals surface area contributed by atoms with Gasteiger partial charge < -0.3 is 21.1 Å². The number of rotatable bonds is 6. The number of ether oxygens (including phenoxy) is 1. The molecule has 5 nitrogen and oxygen atoms in total. The smallest absolute Gasteiger partial charge is 0.263 e. The summed E-state index contributed by atoms with van der Waals surface area (Å²) in [6.07, 6.45) is 0. The second kappa shape index (κ2) is 6.99.